The summed E-state index contributed by atoms with van der Waals surface area (Å²) in [5.74, 6) is 0.483. The molecule has 0 saturated carbocycles. The van der Waals surface area contributed by atoms with Gasteiger partial charge in [-0.3, -0.25) is 19.3 Å². The number of rotatable bonds is 8. The fourth-order valence-corrected chi connectivity index (χ4v) is 3.57. The van der Waals surface area contributed by atoms with Crippen molar-refractivity contribution in [1.29, 1.82) is 0 Å². The van der Waals surface area contributed by atoms with Gasteiger partial charge in [0.2, 0.25) is 0 Å². The number of methoxy groups -OCH3 is 1. The van der Waals surface area contributed by atoms with Gasteiger partial charge in [0.1, 0.15) is 11.5 Å². The third-order valence-corrected chi connectivity index (χ3v) is 5.29. The lowest BCUT2D eigenvalue weighted by atomic mass is 10.2. The molecule has 1 saturated heterocycles. The number of carbonyl (C=O) groups excluding carboxylic acids is 3. The molecule has 0 radical (unpaired) electrons. The Morgan fingerprint density at radius 2 is 1.77 bits per heavy atom. The first-order chi connectivity index (χ1) is 14.5. The summed E-state index contributed by atoms with van der Waals surface area (Å²) in [5, 5.41) is 2.85. The molecular weight excluding hydrogens is 428 g/mol. The Bertz CT molecular complexity index is 960. The summed E-state index contributed by atoms with van der Waals surface area (Å²) in [6.07, 6.45) is 1.64. The molecule has 156 valence electrons. The average molecular weight is 447 g/mol. The van der Waals surface area contributed by atoms with Crippen LogP contribution < -0.4 is 14.8 Å². The summed E-state index contributed by atoms with van der Waals surface area (Å²) < 4.78 is 10.4. The lowest BCUT2D eigenvalue weighted by Crippen LogP contribution is -2.38. The van der Waals surface area contributed by atoms with Crippen LogP contribution in [-0.2, 0) is 9.59 Å². The number of nitrogens with zero attached hydrogens (tertiary/aromatic N) is 1. The van der Waals surface area contributed by atoms with Crippen LogP contribution in [0.15, 0.2) is 53.4 Å². The Hall–Kier alpha value is -2.97. The van der Waals surface area contributed by atoms with Crippen molar-refractivity contribution in [3.8, 4) is 11.5 Å². The molecular formula is C21H19ClN2O5S. The predicted octanol–water partition coefficient (Wildman–Crippen LogP) is 3.58. The van der Waals surface area contributed by atoms with Gasteiger partial charge in [-0.1, -0.05) is 23.7 Å². The molecule has 2 aromatic carbocycles. The minimum atomic E-state index is -0.385. The summed E-state index contributed by atoms with van der Waals surface area (Å²) >= 11 is 6.72. The average Bonchev–Trinajstić information content (AvgIpc) is 3.01. The maximum absolute atomic E-state index is 12.5. The van der Waals surface area contributed by atoms with E-state index in [4.69, 9.17) is 21.1 Å². The molecule has 1 fully saturated rings. The Morgan fingerprint density at radius 3 is 2.43 bits per heavy atom. The molecule has 2 aromatic rings. The van der Waals surface area contributed by atoms with Gasteiger partial charge in [0.05, 0.1) is 12.0 Å². The highest BCUT2D eigenvalue weighted by atomic mass is 35.5. The van der Waals surface area contributed by atoms with E-state index in [9.17, 15) is 14.4 Å². The Morgan fingerprint density at radius 1 is 1.10 bits per heavy atom. The fraction of sp³-hybridized carbons (Fsp3) is 0.190. The molecule has 7 nitrogen and oxygen atoms in total. The number of amides is 3. The second-order valence-electron chi connectivity index (χ2n) is 6.20. The van der Waals surface area contributed by atoms with Crippen molar-refractivity contribution < 1.29 is 23.9 Å². The van der Waals surface area contributed by atoms with Crippen molar-refractivity contribution in [2.45, 2.75) is 0 Å². The first-order valence-electron chi connectivity index (χ1n) is 9.01. The number of carbonyl (C=O) groups is 3. The van der Waals surface area contributed by atoms with Gasteiger partial charge >= 0.3 is 0 Å². The minimum absolute atomic E-state index is 0.0803. The number of imide groups is 1. The number of benzene rings is 2. The summed E-state index contributed by atoms with van der Waals surface area (Å²) in [7, 11) is 1.56. The zero-order valence-corrected chi connectivity index (χ0v) is 17.7. The van der Waals surface area contributed by atoms with Gasteiger partial charge in [-0.15, -0.1) is 0 Å². The SMILES string of the molecule is COc1ccc(OCC(=O)NCCN2C(=O)SC(=Cc3ccc(Cl)cc3)C2=O)cc1. The summed E-state index contributed by atoms with van der Waals surface area (Å²) in [5.41, 5.74) is 0.772. The van der Waals surface area contributed by atoms with Gasteiger partial charge in [-0.05, 0) is 59.8 Å². The largest absolute Gasteiger partial charge is 0.497 e. The molecule has 0 spiro atoms. The smallest absolute Gasteiger partial charge is 0.293 e. The van der Waals surface area contributed by atoms with E-state index in [-0.39, 0.29) is 36.7 Å². The zero-order chi connectivity index (χ0) is 21.5. The van der Waals surface area contributed by atoms with E-state index < -0.39 is 0 Å². The molecule has 1 aliphatic rings. The van der Waals surface area contributed by atoms with E-state index in [0.717, 1.165) is 22.2 Å². The second-order valence-corrected chi connectivity index (χ2v) is 7.63. The van der Waals surface area contributed by atoms with Crippen LogP contribution in [-0.4, -0.2) is 48.8 Å². The van der Waals surface area contributed by atoms with Crippen LogP contribution in [0.2, 0.25) is 5.02 Å². The highest BCUT2D eigenvalue weighted by Gasteiger charge is 2.34. The summed E-state index contributed by atoms with van der Waals surface area (Å²) in [6, 6.07) is 13.8. The number of thioether (sulfide) groups is 1. The molecule has 1 N–H and O–H groups in total. The molecule has 0 unspecified atom stereocenters. The lowest BCUT2D eigenvalue weighted by molar-refractivity contribution is -0.125. The number of nitrogens with one attached hydrogen (secondary N) is 1. The van der Waals surface area contributed by atoms with Crippen molar-refractivity contribution in [2.24, 2.45) is 0 Å². The molecule has 30 heavy (non-hydrogen) atoms. The molecule has 3 rings (SSSR count). The Balaban J connectivity index is 1.45. The number of hydrogen-bond donors (Lipinski definition) is 1. The predicted molar refractivity (Wildman–Crippen MR) is 116 cm³/mol. The van der Waals surface area contributed by atoms with Crippen LogP contribution in [0.25, 0.3) is 6.08 Å². The third kappa shape index (κ3) is 5.77. The number of hydrogen-bond acceptors (Lipinski definition) is 6. The van der Waals surface area contributed by atoms with E-state index in [1.54, 1.807) is 61.7 Å². The topological polar surface area (TPSA) is 84.9 Å². The molecule has 3 amide bonds. The maximum Gasteiger partial charge on any atom is 0.293 e. The van der Waals surface area contributed by atoms with E-state index in [2.05, 4.69) is 5.32 Å². The van der Waals surface area contributed by atoms with Crippen molar-refractivity contribution >= 4 is 46.5 Å². The monoisotopic (exact) mass is 446 g/mol. The van der Waals surface area contributed by atoms with Crippen LogP contribution in [0.5, 0.6) is 11.5 Å². The van der Waals surface area contributed by atoms with Gasteiger partial charge in [-0.2, -0.15) is 0 Å². The normalized spacial score (nSPS) is 14.9. The first-order valence-corrected chi connectivity index (χ1v) is 10.2. The Labute approximate surface area is 183 Å². The van der Waals surface area contributed by atoms with Crippen LogP contribution in [0.3, 0.4) is 0 Å². The molecule has 1 aliphatic heterocycles. The molecule has 0 bridgehead atoms. The number of halogens is 1. The second kappa shape index (κ2) is 10.2. The van der Waals surface area contributed by atoms with Crippen molar-refractivity contribution in [3.63, 3.8) is 0 Å². The molecule has 0 atom stereocenters. The molecule has 0 aromatic heterocycles. The molecule has 9 heteroatoms. The van der Waals surface area contributed by atoms with Crippen LogP contribution in [0.4, 0.5) is 4.79 Å². The van der Waals surface area contributed by atoms with Crippen LogP contribution >= 0.6 is 23.4 Å². The van der Waals surface area contributed by atoms with E-state index in [0.29, 0.717) is 21.4 Å². The van der Waals surface area contributed by atoms with Crippen molar-refractivity contribution in [3.05, 3.63) is 64.0 Å². The Kier molecular flexibility index (Phi) is 7.37. The van der Waals surface area contributed by atoms with Crippen LogP contribution in [0.1, 0.15) is 5.56 Å². The molecule has 0 aliphatic carbocycles. The van der Waals surface area contributed by atoms with Crippen molar-refractivity contribution in [2.75, 3.05) is 26.8 Å². The third-order valence-electron chi connectivity index (χ3n) is 4.13. The van der Waals surface area contributed by atoms with Gasteiger partial charge in [0, 0.05) is 18.1 Å². The van der Waals surface area contributed by atoms with E-state index in [1.165, 1.54) is 0 Å². The lowest BCUT2D eigenvalue weighted by Gasteiger charge is -2.13. The zero-order valence-electron chi connectivity index (χ0n) is 16.1. The standard InChI is InChI=1S/C21H19ClN2O5S/c1-28-16-6-8-17(9-7-16)29-13-19(25)23-10-11-24-20(26)18(30-21(24)27)12-14-2-4-15(22)5-3-14/h2-9,12H,10-11,13H2,1H3,(H,23,25). The highest BCUT2D eigenvalue weighted by Crippen LogP contribution is 2.32. The van der Waals surface area contributed by atoms with Gasteiger partial charge in [-0.25, -0.2) is 0 Å². The van der Waals surface area contributed by atoms with Gasteiger partial charge in [0.15, 0.2) is 6.61 Å². The number of ether oxygens (including phenoxy) is 2. The maximum atomic E-state index is 12.5. The van der Waals surface area contributed by atoms with E-state index in [1.807, 2.05) is 0 Å². The van der Waals surface area contributed by atoms with E-state index >= 15 is 0 Å². The van der Waals surface area contributed by atoms with Crippen molar-refractivity contribution in [1.82, 2.24) is 10.2 Å². The minimum Gasteiger partial charge on any atom is -0.497 e. The fourth-order valence-electron chi connectivity index (χ4n) is 2.58. The van der Waals surface area contributed by atoms with Gasteiger partial charge in [0.25, 0.3) is 17.1 Å². The van der Waals surface area contributed by atoms with Gasteiger partial charge < -0.3 is 14.8 Å². The molecule has 1 heterocycles. The summed E-state index contributed by atoms with van der Waals surface area (Å²) in [6.45, 7) is 0.0403. The highest BCUT2D eigenvalue weighted by molar-refractivity contribution is 8.18. The quantitative estimate of drug-likeness (QED) is 0.624. The van der Waals surface area contributed by atoms with Crippen LogP contribution in [0, 0.1) is 0 Å². The summed E-state index contributed by atoms with van der Waals surface area (Å²) in [4.78, 5) is 38.0. The first kappa shape index (κ1) is 21.7.